The molecule has 17 heavy (non-hydrogen) atoms. The summed E-state index contributed by atoms with van der Waals surface area (Å²) in [5.41, 5.74) is 0. The highest BCUT2D eigenvalue weighted by atomic mass is 32.2. The summed E-state index contributed by atoms with van der Waals surface area (Å²) < 4.78 is 27.2. The molecule has 2 atom stereocenters. The average molecular weight is 260 g/mol. The molecule has 0 radical (unpaired) electrons. The number of nitrogens with one attached hydrogen (secondary N) is 2. The SMILES string of the molecule is CC(NS(=O)(=O)C1CCCC1)C1CCCNC1. The van der Waals surface area contributed by atoms with Crippen molar-refractivity contribution < 1.29 is 8.42 Å². The lowest BCUT2D eigenvalue weighted by Crippen LogP contribution is -2.46. The lowest BCUT2D eigenvalue weighted by molar-refractivity contribution is 0.319. The quantitative estimate of drug-likeness (QED) is 0.799. The van der Waals surface area contributed by atoms with Crippen LogP contribution < -0.4 is 10.0 Å². The predicted octanol–water partition coefficient (Wildman–Crippen LogP) is 1.24. The van der Waals surface area contributed by atoms with Gasteiger partial charge in [0.1, 0.15) is 0 Å². The fraction of sp³-hybridized carbons (Fsp3) is 1.00. The highest BCUT2D eigenvalue weighted by Crippen LogP contribution is 2.25. The number of rotatable bonds is 4. The largest absolute Gasteiger partial charge is 0.316 e. The second-order valence-electron chi connectivity index (χ2n) is 5.46. The van der Waals surface area contributed by atoms with Gasteiger partial charge in [0, 0.05) is 6.04 Å². The molecule has 2 rings (SSSR count). The molecule has 2 N–H and O–H groups in total. The first-order valence-electron chi connectivity index (χ1n) is 6.81. The highest BCUT2D eigenvalue weighted by molar-refractivity contribution is 7.90. The molecule has 0 amide bonds. The zero-order valence-corrected chi connectivity index (χ0v) is 11.4. The Morgan fingerprint density at radius 3 is 2.47 bits per heavy atom. The molecule has 5 heteroatoms. The van der Waals surface area contributed by atoms with Crippen molar-refractivity contribution in [2.45, 2.75) is 56.7 Å². The molecule has 1 aliphatic heterocycles. The number of piperidine rings is 1. The molecule has 1 aliphatic carbocycles. The monoisotopic (exact) mass is 260 g/mol. The van der Waals surface area contributed by atoms with Crippen molar-refractivity contribution in [1.29, 1.82) is 0 Å². The first-order chi connectivity index (χ1) is 8.09. The first kappa shape index (κ1) is 13.3. The van der Waals surface area contributed by atoms with E-state index in [1.165, 1.54) is 0 Å². The molecule has 0 spiro atoms. The van der Waals surface area contributed by atoms with Gasteiger partial charge in [0.25, 0.3) is 0 Å². The number of sulfonamides is 1. The van der Waals surface area contributed by atoms with Gasteiger partial charge in [-0.15, -0.1) is 0 Å². The van der Waals surface area contributed by atoms with Crippen LogP contribution in [0.25, 0.3) is 0 Å². The molecule has 0 aromatic heterocycles. The van der Waals surface area contributed by atoms with Crippen molar-refractivity contribution in [2.24, 2.45) is 5.92 Å². The fourth-order valence-electron chi connectivity index (χ4n) is 2.96. The highest BCUT2D eigenvalue weighted by Gasteiger charge is 2.31. The molecule has 1 saturated heterocycles. The van der Waals surface area contributed by atoms with Crippen LogP contribution >= 0.6 is 0 Å². The smallest absolute Gasteiger partial charge is 0.214 e. The summed E-state index contributed by atoms with van der Waals surface area (Å²) in [5, 5.41) is 3.20. The zero-order chi connectivity index (χ0) is 12.3. The van der Waals surface area contributed by atoms with Gasteiger partial charge in [-0.05, 0) is 51.6 Å². The lowest BCUT2D eigenvalue weighted by Gasteiger charge is -2.29. The van der Waals surface area contributed by atoms with Crippen LogP contribution in [0.5, 0.6) is 0 Å². The van der Waals surface area contributed by atoms with E-state index in [4.69, 9.17) is 0 Å². The standard InChI is InChI=1S/C12H24N2O2S/c1-10(11-5-4-8-13-9-11)14-17(15,16)12-6-2-3-7-12/h10-14H,2-9H2,1H3. The van der Waals surface area contributed by atoms with Gasteiger partial charge in [0.15, 0.2) is 0 Å². The minimum atomic E-state index is -3.09. The molecular weight excluding hydrogens is 236 g/mol. The van der Waals surface area contributed by atoms with Crippen LogP contribution in [0.15, 0.2) is 0 Å². The van der Waals surface area contributed by atoms with Crippen LogP contribution in [-0.2, 0) is 10.0 Å². The Labute approximate surface area is 105 Å². The summed E-state index contributed by atoms with van der Waals surface area (Å²) in [4.78, 5) is 0. The van der Waals surface area contributed by atoms with Crippen molar-refractivity contribution >= 4 is 10.0 Å². The molecule has 0 aromatic carbocycles. The van der Waals surface area contributed by atoms with E-state index in [0.29, 0.717) is 5.92 Å². The number of hydrogen-bond donors (Lipinski definition) is 2. The molecule has 1 heterocycles. The van der Waals surface area contributed by atoms with Gasteiger partial charge < -0.3 is 5.32 Å². The molecule has 4 nitrogen and oxygen atoms in total. The van der Waals surface area contributed by atoms with Crippen LogP contribution in [-0.4, -0.2) is 32.8 Å². The molecule has 2 unspecified atom stereocenters. The topological polar surface area (TPSA) is 58.2 Å². The van der Waals surface area contributed by atoms with Gasteiger partial charge in [0.05, 0.1) is 5.25 Å². The van der Waals surface area contributed by atoms with Gasteiger partial charge in [0.2, 0.25) is 10.0 Å². The zero-order valence-electron chi connectivity index (χ0n) is 10.6. The number of hydrogen-bond acceptors (Lipinski definition) is 3. The van der Waals surface area contributed by atoms with E-state index >= 15 is 0 Å². The van der Waals surface area contributed by atoms with E-state index < -0.39 is 10.0 Å². The van der Waals surface area contributed by atoms with Crippen molar-refractivity contribution in [2.75, 3.05) is 13.1 Å². The summed E-state index contributed by atoms with van der Waals surface area (Å²) in [6.45, 7) is 4.01. The van der Waals surface area contributed by atoms with Crippen molar-refractivity contribution in [3.8, 4) is 0 Å². The van der Waals surface area contributed by atoms with Crippen LogP contribution in [0.1, 0.15) is 45.4 Å². The van der Waals surface area contributed by atoms with E-state index in [1.54, 1.807) is 0 Å². The first-order valence-corrected chi connectivity index (χ1v) is 8.36. The maximum Gasteiger partial charge on any atom is 0.214 e. The van der Waals surface area contributed by atoms with Gasteiger partial charge in [-0.2, -0.15) is 0 Å². The Morgan fingerprint density at radius 1 is 1.18 bits per heavy atom. The van der Waals surface area contributed by atoms with Crippen molar-refractivity contribution in [1.82, 2.24) is 10.0 Å². The minimum Gasteiger partial charge on any atom is -0.316 e. The minimum absolute atomic E-state index is 0.0633. The average Bonchev–Trinajstić information content (AvgIpc) is 2.84. The molecule has 0 aromatic rings. The Kier molecular flexibility index (Phi) is 4.44. The third-order valence-electron chi connectivity index (χ3n) is 4.13. The maximum absolute atomic E-state index is 12.2. The van der Waals surface area contributed by atoms with E-state index in [0.717, 1.165) is 51.6 Å². The summed E-state index contributed by atoms with van der Waals surface area (Å²) in [7, 11) is -3.09. The molecule has 0 bridgehead atoms. The second-order valence-corrected chi connectivity index (χ2v) is 7.46. The predicted molar refractivity (Wildman–Crippen MR) is 69.4 cm³/mol. The van der Waals surface area contributed by atoms with Crippen molar-refractivity contribution in [3.05, 3.63) is 0 Å². The molecule has 2 aliphatic rings. The third kappa shape index (κ3) is 3.42. The maximum atomic E-state index is 12.2. The van der Waals surface area contributed by atoms with Crippen molar-refractivity contribution in [3.63, 3.8) is 0 Å². The fourth-order valence-corrected chi connectivity index (χ4v) is 4.81. The Morgan fingerprint density at radius 2 is 1.88 bits per heavy atom. The molecule has 2 fully saturated rings. The van der Waals surface area contributed by atoms with E-state index in [9.17, 15) is 8.42 Å². The Balaban J connectivity index is 1.90. The van der Waals surface area contributed by atoms with E-state index in [1.807, 2.05) is 6.92 Å². The van der Waals surface area contributed by atoms with Crippen LogP contribution in [0.3, 0.4) is 0 Å². The molecular formula is C12H24N2O2S. The lowest BCUT2D eigenvalue weighted by atomic mass is 9.94. The van der Waals surface area contributed by atoms with Gasteiger partial charge in [-0.1, -0.05) is 12.8 Å². The van der Waals surface area contributed by atoms with Gasteiger partial charge >= 0.3 is 0 Å². The molecule has 1 saturated carbocycles. The van der Waals surface area contributed by atoms with Crippen LogP contribution in [0.4, 0.5) is 0 Å². The normalized spacial score (nSPS) is 29.4. The summed E-state index contributed by atoms with van der Waals surface area (Å²) in [6, 6.07) is 0.0633. The van der Waals surface area contributed by atoms with E-state index in [-0.39, 0.29) is 11.3 Å². The Bertz CT molecular complexity index is 330. The van der Waals surface area contributed by atoms with Crippen LogP contribution in [0, 0.1) is 5.92 Å². The Hall–Kier alpha value is -0.130. The van der Waals surface area contributed by atoms with E-state index in [2.05, 4.69) is 10.0 Å². The van der Waals surface area contributed by atoms with Crippen LogP contribution in [0.2, 0.25) is 0 Å². The van der Waals surface area contributed by atoms with Gasteiger partial charge in [-0.3, -0.25) is 0 Å². The second kappa shape index (κ2) is 5.67. The summed E-state index contributed by atoms with van der Waals surface area (Å²) in [5.74, 6) is 0.444. The third-order valence-corrected chi connectivity index (χ3v) is 6.18. The summed E-state index contributed by atoms with van der Waals surface area (Å²) >= 11 is 0. The molecule has 100 valence electrons. The summed E-state index contributed by atoms with van der Waals surface area (Å²) in [6.07, 6.45) is 6.08. The van der Waals surface area contributed by atoms with Gasteiger partial charge in [-0.25, -0.2) is 13.1 Å².